The Morgan fingerprint density at radius 3 is 2.85 bits per heavy atom. The smallest absolute Gasteiger partial charge is 0.277 e. The molecule has 2 aromatic carbocycles. The third-order valence-corrected chi connectivity index (χ3v) is 5.04. The van der Waals surface area contributed by atoms with Crippen LogP contribution >= 0.6 is 11.8 Å². The van der Waals surface area contributed by atoms with Gasteiger partial charge in [0.25, 0.3) is 11.1 Å². The van der Waals surface area contributed by atoms with Gasteiger partial charge < -0.3 is 9.32 Å². The lowest BCUT2D eigenvalue weighted by atomic mass is 10.0. The minimum atomic E-state index is -0.422. The number of amides is 1. The minimum Gasteiger partial charge on any atom is -0.411 e. The number of anilines is 1. The van der Waals surface area contributed by atoms with Crippen molar-refractivity contribution in [1.82, 2.24) is 10.2 Å². The molecular formula is C19H16FN3O2S. The van der Waals surface area contributed by atoms with Gasteiger partial charge in [-0.3, -0.25) is 4.79 Å². The number of fused-ring (bicyclic) bond motifs is 1. The van der Waals surface area contributed by atoms with Gasteiger partial charge in [-0.15, -0.1) is 10.2 Å². The van der Waals surface area contributed by atoms with Crippen LogP contribution in [0.4, 0.5) is 10.1 Å². The van der Waals surface area contributed by atoms with Crippen molar-refractivity contribution >= 4 is 23.4 Å². The van der Waals surface area contributed by atoms with Gasteiger partial charge in [0.2, 0.25) is 5.91 Å². The summed E-state index contributed by atoms with van der Waals surface area (Å²) in [6.07, 6.45) is 1.94. The molecule has 0 saturated carbocycles. The number of carbonyl (C=O) groups excluding carboxylic acids is 1. The molecule has 1 aliphatic rings. The van der Waals surface area contributed by atoms with E-state index in [1.54, 1.807) is 23.1 Å². The van der Waals surface area contributed by atoms with Gasteiger partial charge in [0.15, 0.2) is 0 Å². The van der Waals surface area contributed by atoms with Crippen molar-refractivity contribution < 1.29 is 13.6 Å². The van der Waals surface area contributed by atoms with Gasteiger partial charge in [-0.25, -0.2) is 4.39 Å². The molecule has 7 heteroatoms. The molecule has 26 heavy (non-hydrogen) atoms. The van der Waals surface area contributed by atoms with E-state index in [1.807, 2.05) is 18.2 Å². The number of hydrogen-bond donors (Lipinski definition) is 0. The predicted molar refractivity (Wildman–Crippen MR) is 97.5 cm³/mol. The second-order valence-corrected chi connectivity index (χ2v) is 6.85. The Hall–Kier alpha value is -2.67. The summed E-state index contributed by atoms with van der Waals surface area (Å²) in [5.41, 5.74) is 2.42. The van der Waals surface area contributed by atoms with Crippen molar-refractivity contribution in [2.75, 3.05) is 17.2 Å². The number of aryl methyl sites for hydroxylation is 1. The fourth-order valence-corrected chi connectivity index (χ4v) is 3.64. The second-order valence-electron chi connectivity index (χ2n) is 5.92. The molecule has 0 N–H and O–H groups in total. The van der Waals surface area contributed by atoms with Crippen LogP contribution in [0.2, 0.25) is 0 Å². The maximum Gasteiger partial charge on any atom is 0.277 e. The summed E-state index contributed by atoms with van der Waals surface area (Å²) >= 11 is 1.16. The molecule has 132 valence electrons. The largest absolute Gasteiger partial charge is 0.411 e. The van der Waals surface area contributed by atoms with Crippen molar-refractivity contribution in [2.45, 2.75) is 18.1 Å². The van der Waals surface area contributed by atoms with Gasteiger partial charge >= 0.3 is 0 Å². The summed E-state index contributed by atoms with van der Waals surface area (Å²) in [4.78, 5) is 14.4. The Morgan fingerprint density at radius 2 is 1.96 bits per heavy atom. The van der Waals surface area contributed by atoms with Crippen LogP contribution in [0.5, 0.6) is 0 Å². The molecule has 2 heterocycles. The molecule has 5 nitrogen and oxygen atoms in total. The third-order valence-electron chi connectivity index (χ3n) is 4.24. The number of para-hydroxylation sites is 1. The van der Waals surface area contributed by atoms with E-state index in [1.165, 1.54) is 11.6 Å². The average Bonchev–Trinajstić information content (AvgIpc) is 3.15. The minimum absolute atomic E-state index is 0.00667. The molecule has 0 bridgehead atoms. The summed E-state index contributed by atoms with van der Waals surface area (Å²) in [6.45, 7) is 0.709. The fraction of sp³-hybridized carbons (Fsp3) is 0.211. The van der Waals surface area contributed by atoms with E-state index in [-0.39, 0.29) is 28.3 Å². The van der Waals surface area contributed by atoms with Crippen molar-refractivity contribution in [3.05, 3.63) is 59.9 Å². The lowest BCUT2D eigenvalue weighted by Gasteiger charge is -2.29. The number of hydrogen-bond acceptors (Lipinski definition) is 5. The zero-order chi connectivity index (χ0) is 17.9. The molecule has 0 atom stereocenters. The molecule has 4 rings (SSSR count). The van der Waals surface area contributed by atoms with E-state index >= 15 is 0 Å². The predicted octanol–water partition coefficient (Wildman–Crippen LogP) is 3.95. The Kier molecular flexibility index (Phi) is 4.71. The van der Waals surface area contributed by atoms with Crippen molar-refractivity contribution in [3.8, 4) is 11.5 Å². The van der Waals surface area contributed by atoms with Crippen LogP contribution in [-0.2, 0) is 11.2 Å². The molecule has 0 fully saturated rings. The Labute approximate surface area is 154 Å². The normalized spacial score (nSPS) is 13.5. The molecule has 0 aliphatic carbocycles. The standard InChI is InChI=1S/C19H16FN3O2S/c20-15-9-3-2-8-14(15)18-21-22-19(25-18)26-12-17(24)23-11-5-7-13-6-1-4-10-16(13)23/h1-4,6,8-10H,5,7,11-12H2. The quantitative estimate of drug-likeness (QED) is 0.652. The molecule has 0 unspecified atom stereocenters. The first-order chi connectivity index (χ1) is 12.7. The molecule has 0 spiro atoms. The van der Waals surface area contributed by atoms with Gasteiger partial charge in [-0.05, 0) is 36.6 Å². The molecule has 0 saturated heterocycles. The van der Waals surface area contributed by atoms with Crippen LogP contribution in [0, 0.1) is 5.82 Å². The van der Waals surface area contributed by atoms with Crippen LogP contribution in [0.25, 0.3) is 11.5 Å². The second kappa shape index (κ2) is 7.29. The highest BCUT2D eigenvalue weighted by Crippen LogP contribution is 2.29. The van der Waals surface area contributed by atoms with Crippen molar-refractivity contribution in [3.63, 3.8) is 0 Å². The monoisotopic (exact) mass is 369 g/mol. The lowest BCUT2D eigenvalue weighted by Crippen LogP contribution is -2.36. The Morgan fingerprint density at radius 1 is 1.15 bits per heavy atom. The van der Waals surface area contributed by atoms with Gasteiger partial charge in [-0.1, -0.05) is 42.1 Å². The summed E-state index contributed by atoms with van der Waals surface area (Å²) in [5, 5.41) is 8.03. The first kappa shape index (κ1) is 16.8. The van der Waals surface area contributed by atoms with Crippen LogP contribution in [0.3, 0.4) is 0 Å². The number of benzene rings is 2. The zero-order valence-electron chi connectivity index (χ0n) is 13.9. The zero-order valence-corrected chi connectivity index (χ0v) is 14.7. The average molecular weight is 369 g/mol. The number of rotatable bonds is 4. The van der Waals surface area contributed by atoms with Crippen molar-refractivity contribution in [2.24, 2.45) is 0 Å². The Balaban J connectivity index is 1.44. The highest BCUT2D eigenvalue weighted by molar-refractivity contribution is 7.99. The number of nitrogens with zero attached hydrogens (tertiary/aromatic N) is 3. The number of aromatic nitrogens is 2. The first-order valence-electron chi connectivity index (χ1n) is 8.32. The number of halogens is 1. The van der Waals surface area contributed by atoms with E-state index in [2.05, 4.69) is 16.3 Å². The van der Waals surface area contributed by atoms with Crippen LogP contribution in [-0.4, -0.2) is 28.4 Å². The molecule has 1 aliphatic heterocycles. The van der Waals surface area contributed by atoms with E-state index in [9.17, 15) is 9.18 Å². The fourth-order valence-electron chi connectivity index (χ4n) is 3.01. The Bertz CT molecular complexity index is 944. The summed E-state index contributed by atoms with van der Waals surface area (Å²) < 4.78 is 19.3. The summed E-state index contributed by atoms with van der Waals surface area (Å²) in [5.74, 6) is -0.129. The lowest BCUT2D eigenvalue weighted by molar-refractivity contribution is -0.116. The van der Waals surface area contributed by atoms with Crippen LogP contribution in [0.1, 0.15) is 12.0 Å². The van der Waals surface area contributed by atoms with Gasteiger partial charge in [-0.2, -0.15) is 0 Å². The molecule has 1 amide bonds. The van der Waals surface area contributed by atoms with Crippen molar-refractivity contribution in [1.29, 1.82) is 0 Å². The van der Waals surface area contributed by atoms with E-state index < -0.39 is 5.82 Å². The number of thioether (sulfide) groups is 1. The van der Waals surface area contributed by atoms with Gasteiger partial charge in [0.05, 0.1) is 11.3 Å². The first-order valence-corrected chi connectivity index (χ1v) is 9.30. The SMILES string of the molecule is O=C(CSc1nnc(-c2ccccc2F)o1)N1CCCc2ccccc21. The topological polar surface area (TPSA) is 59.2 Å². The van der Waals surface area contributed by atoms with Crippen LogP contribution in [0.15, 0.2) is 58.2 Å². The maximum absolute atomic E-state index is 13.8. The number of carbonyl (C=O) groups is 1. The van der Waals surface area contributed by atoms with E-state index in [0.717, 1.165) is 30.3 Å². The van der Waals surface area contributed by atoms with E-state index in [4.69, 9.17) is 4.42 Å². The highest BCUT2D eigenvalue weighted by atomic mass is 32.2. The van der Waals surface area contributed by atoms with Crippen LogP contribution < -0.4 is 4.90 Å². The molecule has 0 radical (unpaired) electrons. The van der Waals surface area contributed by atoms with Gasteiger partial charge in [0, 0.05) is 12.2 Å². The van der Waals surface area contributed by atoms with Gasteiger partial charge in [0.1, 0.15) is 5.82 Å². The molecule has 3 aromatic rings. The highest BCUT2D eigenvalue weighted by Gasteiger charge is 2.23. The maximum atomic E-state index is 13.8. The summed E-state index contributed by atoms with van der Waals surface area (Å²) in [7, 11) is 0. The van der Waals surface area contributed by atoms with E-state index in [0.29, 0.717) is 6.54 Å². The third kappa shape index (κ3) is 3.35. The molecule has 1 aromatic heterocycles. The summed E-state index contributed by atoms with van der Waals surface area (Å²) in [6, 6.07) is 14.2. The molecular weight excluding hydrogens is 353 g/mol.